The number of rotatable bonds is 12. The van der Waals surface area contributed by atoms with Crippen LogP contribution in [0.15, 0.2) is 0 Å². The summed E-state index contributed by atoms with van der Waals surface area (Å²) >= 11 is 0. The molecular formula is C17H33N3O. The summed E-state index contributed by atoms with van der Waals surface area (Å²) in [5.41, 5.74) is -0.337. The van der Waals surface area contributed by atoms with Gasteiger partial charge in [-0.15, -0.1) is 0 Å². The molecule has 1 saturated carbocycles. The fourth-order valence-electron chi connectivity index (χ4n) is 2.68. The van der Waals surface area contributed by atoms with E-state index >= 15 is 0 Å². The molecule has 0 bridgehead atoms. The Morgan fingerprint density at radius 3 is 2.57 bits per heavy atom. The summed E-state index contributed by atoms with van der Waals surface area (Å²) in [6.45, 7) is 10.6. The number of nitrogens with zero attached hydrogens (tertiary/aromatic N) is 2. The van der Waals surface area contributed by atoms with Crippen molar-refractivity contribution in [1.29, 1.82) is 5.26 Å². The van der Waals surface area contributed by atoms with Crippen LogP contribution in [0.2, 0.25) is 0 Å². The molecule has 1 fully saturated rings. The fraction of sp³-hybridized carbons (Fsp3) is 0.941. The normalized spacial score (nSPS) is 18.0. The molecule has 1 rings (SSSR count). The van der Waals surface area contributed by atoms with Crippen molar-refractivity contribution in [3.63, 3.8) is 0 Å². The van der Waals surface area contributed by atoms with Gasteiger partial charge in [-0.2, -0.15) is 5.26 Å². The van der Waals surface area contributed by atoms with Gasteiger partial charge in [0.2, 0.25) is 0 Å². The van der Waals surface area contributed by atoms with E-state index in [0.717, 1.165) is 45.5 Å². The summed E-state index contributed by atoms with van der Waals surface area (Å²) in [7, 11) is 1.76. The van der Waals surface area contributed by atoms with Crippen molar-refractivity contribution in [3.05, 3.63) is 0 Å². The first-order valence-corrected chi connectivity index (χ1v) is 8.39. The monoisotopic (exact) mass is 295 g/mol. The van der Waals surface area contributed by atoms with Gasteiger partial charge in [0.05, 0.1) is 12.7 Å². The van der Waals surface area contributed by atoms with E-state index < -0.39 is 0 Å². The Hall–Kier alpha value is -0.630. The lowest BCUT2D eigenvalue weighted by atomic mass is 9.96. The molecule has 1 N–H and O–H groups in total. The van der Waals surface area contributed by atoms with Gasteiger partial charge in [0.25, 0.3) is 0 Å². The van der Waals surface area contributed by atoms with Gasteiger partial charge in [0.15, 0.2) is 0 Å². The van der Waals surface area contributed by atoms with Crippen molar-refractivity contribution in [2.45, 2.75) is 64.5 Å². The van der Waals surface area contributed by atoms with Crippen LogP contribution in [0.1, 0.15) is 52.9 Å². The number of hydrogen-bond donors (Lipinski definition) is 1. The highest BCUT2D eigenvalue weighted by Crippen LogP contribution is 2.24. The van der Waals surface area contributed by atoms with Crippen molar-refractivity contribution < 1.29 is 4.74 Å². The lowest BCUT2D eigenvalue weighted by molar-refractivity contribution is 0.138. The molecule has 0 radical (unpaired) electrons. The summed E-state index contributed by atoms with van der Waals surface area (Å²) in [5.74, 6) is 0.683. The van der Waals surface area contributed by atoms with Crippen molar-refractivity contribution in [2.24, 2.45) is 5.92 Å². The topological polar surface area (TPSA) is 48.3 Å². The number of nitriles is 1. The van der Waals surface area contributed by atoms with Crippen molar-refractivity contribution in [3.8, 4) is 6.07 Å². The number of methoxy groups -OCH3 is 1. The van der Waals surface area contributed by atoms with E-state index in [2.05, 4.69) is 30.1 Å². The Kier molecular flexibility index (Phi) is 8.24. The average Bonchev–Trinajstić information content (AvgIpc) is 3.23. The Labute approximate surface area is 130 Å². The SMILES string of the molecule is COCCN(CCCCC(C)(C#N)NC1CC1)CC(C)C. The summed E-state index contributed by atoms with van der Waals surface area (Å²) in [6.07, 6.45) is 5.66. The largest absolute Gasteiger partial charge is 0.383 e. The standard InChI is InChI=1S/C17H33N3O/c1-15(2)13-20(11-12-21-4)10-6-5-9-17(3,14-18)19-16-7-8-16/h15-16,19H,5-13H2,1-4H3. The highest BCUT2D eigenvalue weighted by Gasteiger charge is 2.31. The Balaban J connectivity index is 2.23. The van der Waals surface area contributed by atoms with Crippen LogP contribution < -0.4 is 5.32 Å². The second-order valence-corrected chi connectivity index (χ2v) is 7.01. The van der Waals surface area contributed by atoms with Crippen LogP contribution in [0.4, 0.5) is 0 Å². The number of unbranched alkanes of at least 4 members (excludes halogenated alkanes) is 1. The minimum atomic E-state index is -0.337. The van der Waals surface area contributed by atoms with E-state index in [9.17, 15) is 5.26 Å². The van der Waals surface area contributed by atoms with E-state index in [4.69, 9.17) is 4.74 Å². The van der Waals surface area contributed by atoms with Gasteiger partial charge in [-0.25, -0.2) is 0 Å². The van der Waals surface area contributed by atoms with Crippen molar-refractivity contribution in [2.75, 3.05) is 33.4 Å². The van der Waals surface area contributed by atoms with E-state index in [-0.39, 0.29) is 5.54 Å². The van der Waals surface area contributed by atoms with Crippen LogP contribution in [0.3, 0.4) is 0 Å². The van der Waals surface area contributed by atoms with Gasteiger partial charge < -0.3 is 9.64 Å². The number of ether oxygens (including phenoxy) is 1. The van der Waals surface area contributed by atoms with Crippen molar-refractivity contribution in [1.82, 2.24) is 10.2 Å². The zero-order valence-corrected chi connectivity index (χ0v) is 14.3. The zero-order chi connectivity index (χ0) is 15.7. The second kappa shape index (κ2) is 9.40. The second-order valence-electron chi connectivity index (χ2n) is 7.01. The Morgan fingerprint density at radius 2 is 2.05 bits per heavy atom. The highest BCUT2D eigenvalue weighted by molar-refractivity contribution is 5.06. The highest BCUT2D eigenvalue weighted by atomic mass is 16.5. The number of nitrogens with one attached hydrogen (secondary N) is 1. The molecule has 0 saturated heterocycles. The first-order chi connectivity index (χ1) is 9.99. The minimum Gasteiger partial charge on any atom is -0.383 e. The molecule has 0 aromatic heterocycles. The average molecular weight is 295 g/mol. The summed E-state index contributed by atoms with van der Waals surface area (Å²) in [4.78, 5) is 2.48. The maximum atomic E-state index is 9.37. The predicted octanol–water partition coefficient (Wildman–Crippen LogP) is 2.80. The molecule has 0 amide bonds. The Morgan fingerprint density at radius 1 is 1.33 bits per heavy atom. The van der Waals surface area contributed by atoms with Gasteiger partial charge in [-0.1, -0.05) is 13.8 Å². The van der Waals surface area contributed by atoms with E-state index in [1.165, 1.54) is 12.8 Å². The quantitative estimate of drug-likeness (QED) is 0.562. The minimum absolute atomic E-state index is 0.337. The van der Waals surface area contributed by atoms with Crippen LogP contribution in [0, 0.1) is 17.2 Å². The van der Waals surface area contributed by atoms with Gasteiger partial charge >= 0.3 is 0 Å². The van der Waals surface area contributed by atoms with Gasteiger partial charge in [-0.05, 0) is 51.5 Å². The van der Waals surface area contributed by atoms with E-state index in [1.54, 1.807) is 7.11 Å². The first-order valence-electron chi connectivity index (χ1n) is 8.39. The maximum absolute atomic E-state index is 9.37. The molecule has 0 aromatic rings. The van der Waals surface area contributed by atoms with Gasteiger partial charge in [0, 0.05) is 26.2 Å². The predicted molar refractivity (Wildman–Crippen MR) is 87.2 cm³/mol. The molecule has 0 aliphatic heterocycles. The maximum Gasteiger partial charge on any atom is 0.104 e. The van der Waals surface area contributed by atoms with Crippen LogP contribution >= 0.6 is 0 Å². The number of hydrogen-bond acceptors (Lipinski definition) is 4. The van der Waals surface area contributed by atoms with Crippen LogP contribution in [0.25, 0.3) is 0 Å². The molecule has 4 heteroatoms. The summed E-state index contributed by atoms with van der Waals surface area (Å²) < 4.78 is 5.19. The van der Waals surface area contributed by atoms with Gasteiger partial charge in [0.1, 0.15) is 5.54 Å². The van der Waals surface area contributed by atoms with Crippen LogP contribution in [-0.4, -0.2) is 49.8 Å². The lowest BCUT2D eigenvalue weighted by Gasteiger charge is -2.26. The molecule has 1 unspecified atom stereocenters. The molecule has 1 aliphatic rings. The third-order valence-electron chi connectivity index (χ3n) is 3.98. The molecule has 122 valence electrons. The third-order valence-corrected chi connectivity index (χ3v) is 3.98. The molecule has 1 aliphatic carbocycles. The van der Waals surface area contributed by atoms with E-state index in [1.807, 2.05) is 6.92 Å². The molecule has 1 atom stereocenters. The van der Waals surface area contributed by atoms with Crippen LogP contribution in [0.5, 0.6) is 0 Å². The Bertz CT molecular complexity index is 322. The molecule has 4 nitrogen and oxygen atoms in total. The first kappa shape index (κ1) is 18.4. The fourth-order valence-corrected chi connectivity index (χ4v) is 2.68. The molecule has 0 heterocycles. The summed E-state index contributed by atoms with van der Waals surface area (Å²) in [6, 6.07) is 3.05. The zero-order valence-electron chi connectivity index (χ0n) is 14.3. The molecular weight excluding hydrogens is 262 g/mol. The molecule has 21 heavy (non-hydrogen) atoms. The third kappa shape index (κ3) is 8.40. The van der Waals surface area contributed by atoms with Gasteiger partial charge in [-0.3, -0.25) is 5.32 Å². The van der Waals surface area contributed by atoms with E-state index in [0.29, 0.717) is 12.0 Å². The van der Waals surface area contributed by atoms with Crippen LogP contribution in [-0.2, 0) is 4.74 Å². The molecule has 0 spiro atoms. The smallest absolute Gasteiger partial charge is 0.104 e. The summed E-state index contributed by atoms with van der Waals surface area (Å²) in [5, 5.41) is 12.8. The van der Waals surface area contributed by atoms with Crippen molar-refractivity contribution >= 4 is 0 Å². The lowest BCUT2D eigenvalue weighted by Crippen LogP contribution is -2.42. The molecule has 0 aromatic carbocycles.